The average Bonchev–Trinajstić information content (AvgIpc) is 2.74. The van der Waals surface area contributed by atoms with Crippen LogP contribution in [-0.2, 0) is 14.2 Å². The Hall–Kier alpha value is -0.940. The number of methoxy groups -OCH3 is 1. The molecule has 1 aliphatic carbocycles. The molecule has 1 saturated carbocycles. The van der Waals surface area contributed by atoms with E-state index in [1.807, 2.05) is 0 Å². The van der Waals surface area contributed by atoms with E-state index in [2.05, 4.69) is 6.92 Å². The molecule has 28 heavy (non-hydrogen) atoms. The van der Waals surface area contributed by atoms with Crippen molar-refractivity contribution in [3.63, 3.8) is 0 Å². The average molecular weight is 401 g/mol. The Balaban J connectivity index is 1.78. The molecule has 3 nitrogen and oxygen atoms in total. The smallest absolute Gasteiger partial charge is 0.196 e. The molecule has 0 amide bonds. The summed E-state index contributed by atoms with van der Waals surface area (Å²) in [5.74, 6) is 0.422. The van der Waals surface area contributed by atoms with Gasteiger partial charge in [0.2, 0.25) is 0 Å². The van der Waals surface area contributed by atoms with E-state index >= 15 is 0 Å². The molecule has 1 aliphatic heterocycles. The molecule has 1 heterocycles. The molecule has 2 atom stereocenters. The molecule has 0 aromatic heterocycles. The summed E-state index contributed by atoms with van der Waals surface area (Å²) in [6, 6.07) is 0. The summed E-state index contributed by atoms with van der Waals surface area (Å²) >= 11 is 0. The lowest BCUT2D eigenvalue weighted by molar-refractivity contribution is -0.177. The van der Waals surface area contributed by atoms with Crippen LogP contribution in [0.1, 0.15) is 78.6 Å². The van der Waals surface area contributed by atoms with Crippen molar-refractivity contribution in [3.05, 3.63) is 23.0 Å². The van der Waals surface area contributed by atoms with E-state index in [4.69, 9.17) is 14.2 Å². The summed E-state index contributed by atoms with van der Waals surface area (Å²) in [6.07, 6.45) is 10.0. The molecule has 2 fully saturated rings. The highest BCUT2D eigenvalue weighted by molar-refractivity contribution is 5.27. The summed E-state index contributed by atoms with van der Waals surface area (Å²) in [7, 11) is 1.33. The second-order valence-corrected chi connectivity index (χ2v) is 8.33. The van der Waals surface area contributed by atoms with Gasteiger partial charge in [-0.1, -0.05) is 39.5 Å². The van der Waals surface area contributed by atoms with Crippen LogP contribution in [0.25, 0.3) is 0 Å². The topological polar surface area (TPSA) is 27.7 Å². The first-order chi connectivity index (χ1) is 13.5. The highest BCUT2D eigenvalue weighted by atomic mass is 19.2. The molecule has 1 saturated heterocycles. The zero-order chi connectivity index (χ0) is 20.5. The third-order valence-electron chi connectivity index (χ3n) is 6.51. The van der Waals surface area contributed by atoms with Crippen molar-refractivity contribution in [3.8, 4) is 0 Å². The first kappa shape index (κ1) is 23.3. The number of allylic oxidation sites excluding steroid dienone is 3. The van der Waals surface area contributed by atoms with Crippen LogP contribution >= 0.6 is 0 Å². The van der Waals surface area contributed by atoms with E-state index < -0.39 is 11.7 Å². The highest BCUT2D eigenvalue weighted by Crippen LogP contribution is 2.39. The van der Waals surface area contributed by atoms with E-state index in [1.54, 1.807) is 6.92 Å². The Bertz CT molecular complexity index is 528. The van der Waals surface area contributed by atoms with Gasteiger partial charge < -0.3 is 14.2 Å². The quantitative estimate of drug-likeness (QED) is 0.313. The third-order valence-corrected chi connectivity index (χ3v) is 6.51. The van der Waals surface area contributed by atoms with Gasteiger partial charge in [-0.15, -0.1) is 0 Å². The molecule has 0 N–H and O–H groups in total. The first-order valence-corrected chi connectivity index (χ1v) is 11.0. The second-order valence-electron chi connectivity index (χ2n) is 8.33. The SMILES string of the molecule is CCCC1CCC(C2CCC(OC/C(CC)=C(F)/C(F)=C(\C)OC)OC2)CC1. The van der Waals surface area contributed by atoms with Crippen molar-refractivity contribution in [2.45, 2.75) is 84.8 Å². The first-order valence-electron chi connectivity index (χ1n) is 11.0. The van der Waals surface area contributed by atoms with Crippen LogP contribution in [0.2, 0.25) is 0 Å². The van der Waals surface area contributed by atoms with Crippen LogP contribution in [0.3, 0.4) is 0 Å². The van der Waals surface area contributed by atoms with Gasteiger partial charge in [0.15, 0.2) is 17.9 Å². The fourth-order valence-electron chi connectivity index (χ4n) is 4.52. The third kappa shape index (κ3) is 6.55. The minimum atomic E-state index is -0.953. The van der Waals surface area contributed by atoms with Gasteiger partial charge in [0.05, 0.1) is 20.3 Å². The number of halogens is 2. The minimum absolute atomic E-state index is 0.0458. The van der Waals surface area contributed by atoms with Gasteiger partial charge in [0, 0.05) is 0 Å². The summed E-state index contributed by atoms with van der Waals surface area (Å²) in [6.45, 7) is 6.24. The maximum Gasteiger partial charge on any atom is 0.196 e. The molecule has 0 aromatic carbocycles. The van der Waals surface area contributed by atoms with Gasteiger partial charge in [-0.3, -0.25) is 0 Å². The van der Waals surface area contributed by atoms with E-state index in [0.717, 1.165) is 31.3 Å². The summed E-state index contributed by atoms with van der Waals surface area (Å²) in [5, 5.41) is 0. The molecule has 2 aliphatic rings. The number of ether oxygens (including phenoxy) is 3. The molecule has 0 radical (unpaired) electrons. The Morgan fingerprint density at radius 1 is 0.964 bits per heavy atom. The maximum atomic E-state index is 14.3. The van der Waals surface area contributed by atoms with Crippen molar-refractivity contribution < 1.29 is 23.0 Å². The Labute approximate surface area is 169 Å². The van der Waals surface area contributed by atoms with E-state index in [9.17, 15) is 8.78 Å². The van der Waals surface area contributed by atoms with Crippen LogP contribution < -0.4 is 0 Å². The van der Waals surface area contributed by atoms with Crippen molar-refractivity contribution in [2.24, 2.45) is 17.8 Å². The Morgan fingerprint density at radius 2 is 1.64 bits per heavy atom. The summed E-state index contributed by atoms with van der Waals surface area (Å²) < 4.78 is 44.7. The van der Waals surface area contributed by atoms with E-state index in [0.29, 0.717) is 17.9 Å². The van der Waals surface area contributed by atoms with Crippen molar-refractivity contribution in [2.75, 3.05) is 20.3 Å². The largest absolute Gasteiger partial charge is 0.498 e. The second kappa shape index (κ2) is 11.9. The van der Waals surface area contributed by atoms with Crippen LogP contribution in [-0.4, -0.2) is 26.6 Å². The van der Waals surface area contributed by atoms with Crippen LogP contribution in [0, 0.1) is 17.8 Å². The molecular formula is C23H38F2O3. The molecule has 2 rings (SSSR count). The molecule has 5 heteroatoms. The fraction of sp³-hybridized carbons (Fsp3) is 0.826. The highest BCUT2D eigenvalue weighted by Gasteiger charge is 2.31. The fourth-order valence-corrected chi connectivity index (χ4v) is 4.52. The van der Waals surface area contributed by atoms with Gasteiger partial charge >= 0.3 is 0 Å². The lowest BCUT2D eigenvalue weighted by Crippen LogP contribution is -2.34. The lowest BCUT2D eigenvalue weighted by Gasteiger charge is -2.37. The van der Waals surface area contributed by atoms with Crippen LogP contribution in [0.15, 0.2) is 23.0 Å². The molecule has 162 valence electrons. The monoisotopic (exact) mass is 400 g/mol. The van der Waals surface area contributed by atoms with Gasteiger partial charge in [0.1, 0.15) is 5.76 Å². The molecule has 0 spiro atoms. The summed E-state index contributed by atoms with van der Waals surface area (Å²) in [4.78, 5) is 0. The standard InChI is InChI=1S/C23H38F2O3/c1-5-7-17-8-10-19(11-9-17)20-12-13-21(28-15-20)27-14-18(6-2)23(25)22(24)16(3)26-4/h17,19-21H,5-15H2,1-4H3/b22-16-,23-18-. The number of rotatable bonds is 9. The van der Waals surface area contributed by atoms with Crippen molar-refractivity contribution >= 4 is 0 Å². The van der Waals surface area contributed by atoms with E-state index in [1.165, 1.54) is 52.6 Å². The van der Waals surface area contributed by atoms with Crippen molar-refractivity contribution in [1.82, 2.24) is 0 Å². The van der Waals surface area contributed by atoms with Crippen LogP contribution in [0.5, 0.6) is 0 Å². The Kier molecular flexibility index (Phi) is 9.93. The zero-order valence-corrected chi connectivity index (χ0v) is 18.1. The molecule has 0 aromatic rings. The van der Waals surface area contributed by atoms with Gasteiger partial charge in [-0.2, -0.15) is 0 Å². The Morgan fingerprint density at radius 3 is 2.18 bits per heavy atom. The predicted octanol–water partition coefficient (Wildman–Crippen LogP) is 6.84. The van der Waals surface area contributed by atoms with Gasteiger partial charge in [-0.05, 0) is 62.4 Å². The normalized spacial score (nSPS) is 30.5. The summed E-state index contributed by atoms with van der Waals surface area (Å²) in [5.41, 5.74) is 0.300. The van der Waals surface area contributed by atoms with Gasteiger partial charge in [-0.25, -0.2) is 8.78 Å². The molecule has 0 bridgehead atoms. The van der Waals surface area contributed by atoms with Gasteiger partial charge in [0.25, 0.3) is 0 Å². The zero-order valence-electron chi connectivity index (χ0n) is 18.1. The predicted molar refractivity (Wildman–Crippen MR) is 108 cm³/mol. The van der Waals surface area contributed by atoms with E-state index in [-0.39, 0.29) is 18.7 Å². The number of hydrogen-bond donors (Lipinski definition) is 0. The molecular weight excluding hydrogens is 362 g/mol. The maximum absolute atomic E-state index is 14.3. The number of hydrogen-bond acceptors (Lipinski definition) is 3. The minimum Gasteiger partial charge on any atom is -0.498 e. The molecule has 2 unspecified atom stereocenters. The van der Waals surface area contributed by atoms with Crippen molar-refractivity contribution in [1.29, 1.82) is 0 Å². The van der Waals surface area contributed by atoms with Crippen LogP contribution in [0.4, 0.5) is 8.78 Å². The lowest BCUT2D eigenvalue weighted by atomic mass is 9.73.